The van der Waals surface area contributed by atoms with Crippen LogP contribution >= 0.6 is 0 Å². The van der Waals surface area contributed by atoms with Gasteiger partial charge in [0.05, 0.1) is 12.0 Å². The molecular weight excluding hydrogens is 458 g/mol. The topological polar surface area (TPSA) is 87.2 Å². The Morgan fingerprint density at radius 1 is 1.00 bits per heavy atom. The molecule has 0 N–H and O–H groups in total. The van der Waals surface area contributed by atoms with Gasteiger partial charge in [-0.25, -0.2) is 0 Å². The Kier molecular flexibility index (Phi) is 7.84. The van der Waals surface area contributed by atoms with Gasteiger partial charge in [0.15, 0.2) is 0 Å². The van der Waals surface area contributed by atoms with Gasteiger partial charge >= 0.3 is 0 Å². The minimum Gasteiger partial charge on any atom is -0.385 e. The number of carbonyl (C=O) groups excluding carboxylic acids is 4. The van der Waals surface area contributed by atoms with Crippen LogP contribution in [-0.2, 0) is 35.9 Å². The Bertz CT molecular complexity index is 1140. The number of hydrogen-bond donors (Lipinski definition) is 0. The number of carbonyl (C=O) groups is 4. The van der Waals surface area contributed by atoms with Crippen molar-refractivity contribution in [1.29, 1.82) is 0 Å². The van der Waals surface area contributed by atoms with Crippen molar-refractivity contribution in [3.05, 3.63) is 71.3 Å². The molecule has 1 unspecified atom stereocenters. The van der Waals surface area contributed by atoms with Crippen LogP contribution in [0.5, 0.6) is 0 Å². The number of likely N-dealkylation sites (tertiary alicyclic amines) is 1. The minimum atomic E-state index is -1.26. The van der Waals surface area contributed by atoms with Crippen LogP contribution in [0.3, 0.4) is 0 Å². The van der Waals surface area contributed by atoms with Crippen LogP contribution in [0.25, 0.3) is 0 Å². The van der Waals surface area contributed by atoms with E-state index < -0.39 is 5.41 Å². The number of ether oxygens (including phenoxy) is 1. The van der Waals surface area contributed by atoms with Crippen molar-refractivity contribution in [1.82, 2.24) is 14.7 Å². The van der Waals surface area contributed by atoms with E-state index in [1.165, 1.54) is 9.80 Å². The number of benzene rings is 2. The number of aryl methyl sites for hydroxylation is 1. The fourth-order valence-electron chi connectivity index (χ4n) is 5.11. The van der Waals surface area contributed by atoms with Crippen LogP contribution in [0.15, 0.2) is 54.6 Å². The second kappa shape index (κ2) is 11.0. The maximum atomic E-state index is 13.6. The summed E-state index contributed by atoms with van der Waals surface area (Å²) in [6.45, 7) is 3.98. The Morgan fingerprint density at radius 2 is 1.78 bits per heavy atom. The highest BCUT2D eigenvalue weighted by Gasteiger charge is 2.54. The summed E-state index contributed by atoms with van der Waals surface area (Å²) in [6, 6.07) is 17.1. The molecule has 4 rings (SSSR count). The Balaban J connectivity index is 1.48. The molecule has 0 spiro atoms. The zero-order valence-electron chi connectivity index (χ0n) is 20.9. The first kappa shape index (κ1) is 25.6. The normalized spacial score (nSPS) is 20.4. The number of piperazine rings is 1. The van der Waals surface area contributed by atoms with Gasteiger partial charge in [-0.1, -0.05) is 60.2 Å². The van der Waals surface area contributed by atoms with Crippen molar-refractivity contribution < 1.29 is 23.9 Å². The molecule has 36 heavy (non-hydrogen) atoms. The Hall–Kier alpha value is -3.52. The van der Waals surface area contributed by atoms with E-state index in [0.29, 0.717) is 38.2 Å². The largest absolute Gasteiger partial charge is 0.385 e. The van der Waals surface area contributed by atoms with E-state index in [4.69, 9.17) is 4.74 Å². The lowest BCUT2D eigenvalue weighted by molar-refractivity contribution is -0.147. The summed E-state index contributed by atoms with van der Waals surface area (Å²) in [4.78, 5) is 57.4. The van der Waals surface area contributed by atoms with Gasteiger partial charge in [-0.2, -0.15) is 0 Å². The molecule has 190 valence electrons. The van der Waals surface area contributed by atoms with Gasteiger partial charge in [0.2, 0.25) is 23.6 Å². The van der Waals surface area contributed by atoms with Gasteiger partial charge in [0.25, 0.3) is 0 Å². The SMILES string of the molecule is COCCCN1C(=O)CC(CC(=O)N2CCN(Cc3cccc(C)c3)C(=O)C2)(c2ccccc2)C1=O. The quantitative estimate of drug-likeness (QED) is 0.397. The van der Waals surface area contributed by atoms with E-state index >= 15 is 0 Å². The third-order valence-corrected chi connectivity index (χ3v) is 7.05. The fraction of sp³-hybridized carbons (Fsp3) is 0.429. The number of rotatable bonds is 9. The summed E-state index contributed by atoms with van der Waals surface area (Å²) in [6.07, 6.45) is 0.327. The van der Waals surface area contributed by atoms with E-state index in [1.54, 1.807) is 36.3 Å². The zero-order valence-corrected chi connectivity index (χ0v) is 20.9. The third kappa shape index (κ3) is 5.33. The summed E-state index contributed by atoms with van der Waals surface area (Å²) in [5.74, 6) is -1.05. The van der Waals surface area contributed by atoms with Crippen molar-refractivity contribution in [3.8, 4) is 0 Å². The molecule has 2 aromatic carbocycles. The van der Waals surface area contributed by atoms with Crippen LogP contribution < -0.4 is 0 Å². The summed E-state index contributed by atoms with van der Waals surface area (Å²) in [7, 11) is 1.57. The molecule has 0 aromatic heterocycles. The van der Waals surface area contributed by atoms with Gasteiger partial charge in [0.1, 0.15) is 0 Å². The molecule has 8 heteroatoms. The molecule has 1 atom stereocenters. The van der Waals surface area contributed by atoms with Gasteiger partial charge in [0, 0.05) is 52.7 Å². The summed E-state index contributed by atoms with van der Waals surface area (Å²) < 4.78 is 5.07. The lowest BCUT2D eigenvalue weighted by Crippen LogP contribution is -2.53. The zero-order chi connectivity index (χ0) is 25.7. The van der Waals surface area contributed by atoms with Gasteiger partial charge in [-0.15, -0.1) is 0 Å². The van der Waals surface area contributed by atoms with Crippen molar-refractivity contribution in [2.24, 2.45) is 0 Å². The minimum absolute atomic E-state index is 0.0325. The second-order valence-corrected chi connectivity index (χ2v) is 9.62. The predicted octanol–water partition coefficient (Wildman–Crippen LogP) is 2.29. The molecule has 0 saturated carbocycles. The molecule has 2 aliphatic rings. The molecule has 2 aromatic rings. The van der Waals surface area contributed by atoms with Crippen molar-refractivity contribution in [3.63, 3.8) is 0 Å². The maximum Gasteiger partial charge on any atom is 0.242 e. The van der Waals surface area contributed by atoms with Crippen LogP contribution in [-0.4, -0.2) is 78.2 Å². The van der Waals surface area contributed by atoms with Crippen LogP contribution in [0.2, 0.25) is 0 Å². The standard InChI is InChI=1S/C28H33N3O5/c1-21-8-6-9-22(16-21)19-29-13-14-30(20-26(29)34)24(32)17-28(23-10-4-3-5-11-23)18-25(33)31(27(28)35)12-7-15-36-2/h3-6,8-11,16H,7,12-15,17-20H2,1-2H3. The lowest BCUT2D eigenvalue weighted by Gasteiger charge is -2.36. The van der Waals surface area contributed by atoms with Crippen LogP contribution in [0.4, 0.5) is 0 Å². The smallest absolute Gasteiger partial charge is 0.242 e. The summed E-state index contributed by atoms with van der Waals surface area (Å²) >= 11 is 0. The molecule has 0 bridgehead atoms. The van der Waals surface area contributed by atoms with E-state index in [1.807, 2.05) is 31.2 Å². The molecular formula is C28H33N3O5. The monoisotopic (exact) mass is 491 g/mol. The van der Waals surface area contributed by atoms with Crippen LogP contribution in [0.1, 0.15) is 36.0 Å². The summed E-state index contributed by atoms with van der Waals surface area (Å²) in [5.41, 5.74) is 1.57. The van der Waals surface area contributed by atoms with Crippen LogP contribution in [0, 0.1) is 6.92 Å². The number of nitrogens with zero attached hydrogens (tertiary/aromatic N) is 3. The predicted molar refractivity (Wildman–Crippen MR) is 134 cm³/mol. The third-order valence-electron chi connectivity index (χ3n) is 7.05. The highest BCUT2D eigenvalue weighted by atomic mass is 16.5. The first-order chi connectivity index (χ1) is 17.3. The number of methoxy groups -OCH3 is 1. The van der Waals surface area contributed by atoms with Gasteiger partial charge < -0.3 is 14.5 Å². The number of hydrogen-bond acceptors (Lipinski definition) is 5. The molecule has 2 heterocycles. The maximum absolute atomic E-state index is 13.6. The molecule has 0 radical (unpaired) electrons. The second-order valence-electron chi connectivity index (χ2n) is 9.62. The highest BCUT2D eigenvalue weighted by molar-refractivity contribution is 6.10. The average Bonchev–Trinajstić information content (AvgIpc) is 3.11. The number of imide groups is 1. The molecule has 8 nitrogen and oxygen atoms in total. The van der Waals surface area contributed by atoms with Gasteiger partial charge in [-0.3, -0.25) is 24.1 Å². The van der Waals surface area contributed by atoms with Gasteiger partial charge in [-0.05, 0) is 24.5 Å². The van der Waals surface area contributed by atoms with Crippen molar-refractivity contribution in [2.75, 3.05) is 39.9 Å². The van der Waals surface area contributed by atoms with E-state index in [-0.39, 0.29) is 49.6 Å². The number of amides is 4. The molecule has 2 fully saturated rings. The molecule has 2 aliphatic heterocycles. The van der Waals surface area contributed by atoms with Crippen molar-refractivity contribution in [2.45, 2.75) is 38.1 Å². The molecule has 4 amide bonds. The summed E-state index contributed by atoms with van der Waals surface area (Å²) in [5, 5.41) is 0. The fourth-order valence-corrected chi connectivity index (χ4v) is 5.11. The Labute approximate surface area is 211 Å². The molecule has 0 aliphatic carbocycles. The Morgan fingerprint density at radius 3 is 2.47 bits per heavy atom. The average molecular weight is 492 g/mol. The highest BCUT2D eigenvalue weighted by Crippen LogP contribution is 2.40. The first-order valence-corrected chi connectivity index (χ1v) is 12.3. The molecule has 2 saturated heterocycles. The first-order valence-electron chi connectivity index (χ1n) is 12.3. The van der Waals surface area contributed by atoms with E-state index in [2.05, 4.69) is 6.07 Å². The lowest BCUT2D eigenvalue weighted by atomic mass is 9.75. The van der Waals surface area contributed by atoms with E-state index in [9.17, 15) is 19.2 Å². The van der Waals surface area contributed by atoms with Crippen molar-refractivity contribution >= 4 is 23.6 Å². The van der Waals surface area contributed by atoms with E-state index in [0.717, 1.165) is 11.1 Å².